The van der Waals surface area contributed by atoms with Crippen LogP contribution in [0, 0.1) is 0 Å². The number of anilines is 1. The number of para-hydroxylation sites is 1. The molecule has 5 rings (SSSR count). The molecule has 0 unspecified atom stereocenters. The van der Waals surface area contributed by atoms with Crippen LogP contribution in [0.3, 0.4) is 0 Å². The van der Waals surface area contributed by atoms with Crippen LogP contribution in [0.1, 0.15) is 17.3 Å². The van der Waals surface area contributed by atoms with Gasteiger partial charge >= 0.3 is 0 Å². The number of hydrogen-bond acceptors (Lipinski definition) is 7. The second kappa shape index (κ2) is 8.99. The van der Waals surface area contributed by atoms with E-state index in [1.165, 1.54) is 4.57 Å². The van der Waals surface area contributed by atoms with E-state index in [-0.39, 0.29) is 17.4 Å². The largest absolute Gasteiger partial charge is 0.416 e. The lowest BCUT2D eigenvalue weighted by molar-refractivity contribution is 0.0962. The van der Waals surface area contributed by atoms with Gasteiger partial charge in [-0.1, -0.05) is 30.3 Å². The van der Waals surface area contributed by atoms with Gasteiger partial charge in [-0.15, -0.1) is 10.2 Å². The second-order valence-corrected chi connectivity index (χ2v) is 7.44. The van der Waals surface area contributed by atoms with E-state index in [0.717, 1.165) is 5.56 Å². The number of amides is 1. The molecule has 2 N–H and O–H groups in total. The minimum Gasteiger partial charge on any atom is -0.416 e. The maximum Gasteiger partial charge on any atom is 0.269 e. The number of hydrogen-bond donors (Lipinski definition) is 2. The zero-order valence-electron chi connectivity index (χ0n) is 18.2. The van der Waals surface area contributed by atoms with Crippen molar-refractivity contribution >= 4 is 22.8 Å². The van der Waals surface area contributed by atoms with Gasteiger partial charge in [-0.2, -0.15) is 0 Å². The van der Waals surface area contributed by atoms with Crippen LogP contribution in [-0.2, 0) is 6.54 Å². The predicted octanol–water partition coefficient (Wildman–Crippen LogP) is 3.89. The summed E-state index contributed by atoms with van der Waals surface area (Å²) in [5.74, 6) is 0.658. The Balaban J connectivity index is 1.31. The predicted molar refractivity (Wildman–Crippen MR) is 128 cm³/mol. The Kier molecular flexibility index (Phi) is 5.57. The molecule has 0 aliphatic heterocycles. The van der Waals surface area contributed by atoms with E-state index in [2.05, 4.69) is 26.0 Å². The third-order valence-electron chi connectivity index (χ3n) is 5.31. The first-order valence-corrected chi connectivity index (χ1v) is 10.7. The van der Waals surface area contributed by atoms with Crippen molar-refractivity contribution in [3.05, 3.63) is 94.8 Å². The zero-order chi connectivity index (χ0) is 23.5. The lowest BCUT2D eigenvalue weighted by Gasteiger charge is -2.14. The van der Waals surface area contributed by atoms with E-state index in [1.807, 2.05) is 37.3 Å². The van der Waals surface area contributed by atoms with Crippen LogP contribution < -0.4 is 16.4 Å². The Morgan fingerprint density at radius 1 is 0.882 bits per heavy atom. The van der Waals surface area contributed by atoms with E-state index in [4.69, 9.17) is 4.42 Å². The average Bonchev–Trinajstić information content (AvgIpc) is 3.38. The summed E-state index contributed by atoms with van der Waals surface area (Å²) < 4.78 is 7.22. The summed E-state index contributed by atoms with van der Waals surface area (Å²) in [4.78, 5) is 29.8. The normalized spacial score (nSPS) is 10.9. The first-order chi connectivity index (χ1) is 16.6. The quantitative estimate of drug-likeness (QED) is 0.376. The van der Waals surface area contributed by atoms with Crippen molar-refractivity contribution in [1.82, 2.24) is 25.2 Å². The van der Waals surface area contributed by atoms with E-state index in [0.29, 0.717) is 40.4 Å². The second-order valence-electron chi connectivity index (χ2n) is 7.44. The van der Waals surface area contributed by atoms with Crippen molar-refractivity contribution in [2.24, 2.45) is 0 Å². The fourth-order valence-corrected chi connectivity index (χ4v) is 3.54. The van der Waals surface area contributed by atoms with Crippen molar-refractivity contribution in [3.8, 4) is 22.9 Å². The van der Waals surface area contributed by atoms with Crippen LogP contribution in [-0.4, -0.2) is 25.7 Å². The van der Waals surface area contributed by atoms with Crippen LogP contribution >= 0.6 is 0 Å². The number of carbonyl (C=O) groups is 1. The van der Waals surface area contributed by atoms with Gasteiger partial charge in [-0.25, -0.2) is 4.98 Å². The molecule has 0 fully saturated rings. The molecule has 3 aromatic carbocycles. The molecule has 2 aromatic heterocycles. The van der Waals surface area contributed by atoms with Crippen LogP contribution in [0.4, 0.5) is 5.95 Å². The fourth-order valence-electron chi connectivity index (χ4n) is 3.54. The first-order valence-electron chi connectivity index (χ1n) is 10.7. The molecular formula is C25H20N6O3. The van der Waals surface area contributed by atoms with Crippen molar-refractivity contribution in [2.45, 2.75) is 13.5 Å². The SMILES string of the molecule is CCn1c(NNC(=O)c2ccc(-c3nnc(-c4ccccc4)o3)cc2)nc2ccccc2c1=O. The van der Waals surface area contributed by atoms with Crippen LogP contribution in [0.2, 0.25) is 0 Å². The average molecular weight is 452 g/mol. The van der Waals surface area contributed by atoms with E-state index < -0.39 is 0 Å². The summed E-state index contributed by atoms with van der Waals surface area (Å²) in [5, 5.41) is 8.70. The number of rotatable bonds is 6. The lowest BCUT2D eigenvalue weighted by Crippen LogP contribution is -2.34. The Hall–Kier alpha value is -4.79. The molecule has 0 bridgehead atoms. The first kappa shape index (κ1) is 21.1. The number of hydrazine groups is 1. The Morgan fingerprint density at radius 3 is 2.24 bits per heavy atom. The number of aromatic nitrogens is 4. The molecule has 0 aliphatic carbocycles. The van der Waals surface area contributed by atoms with Gasteiger partial charge in [0, 0.05) is 23.2 Å². The van der Waals surface area contributed by atoms with Crippen LogP contribution in [0.5, 0.6) is 0 Å². The van der Waals surface area contributed by atoms with E-state index >= 15 is 0 Å². The van der Waals surface area contributed by atoms with Crippen molar-refractivity contribution in [3.63, 3.8) is 0 Å². The molecule has 0 atom stereocenters. The molecule has 0 radical (unpaired) electrons. The van der Waals surface area contributed by atoms with E-state index in [1.54, 1.807) is 48.5 Å². The molecule has 0 saturated heterocycles. The topological polar surface area (TPSA) is 115 Å². The molecular weight excluding hydrogens is 432 g/mol. The minimum atomic E-state index is -0.382. The minimum absolute atomic E-state index is 0.177. The lowest BCUT2D eigenvalue weighted by atomic mass is 10.1. The monoisotopic (exact) mass is 452 g/mol. The van der Waals surface area contributed by atoms with Crippen LogP contribution in [0.25, 0.3) is 33.8 Å². The van der Waals surface area contributed by atoms with Gasteiger partial charge in [0.25, 0.3) is 11.5 Å². The highest BCUT2D eigenvalue weighted by Gasteiger charge is 2.13. The number of nitrogens with zero attached hydrogens (tertiary/aromatic N) is 4. The fraction of sp³-hybridized carbons (Fsp3) is 0.0800. The van der Waals surface area contributed by atoms with Crippen molar-refractivity contribution in [1.29, 1.82) is 0 Å². The van der Waals surface area contributed by atoms with Gasteiger partial charge in [0.05, 0.1) is 10.9 Å². The maximum atomic E-state index is 12.7. The van der Waals surface area contributed by atoms with Crippen molar-refractivity contribution < 1.29 is 9.21 Å². The van der Waals surface area contributed by atoms with E-state index in [9.17, 15) is 9.59 Å². The van der Waals surface area contributed by atoms with Gasteiger partial charge in [0.1, 0.15) is 0 Å². The molecule has 9 heteroatoms. The summed E-state index contributed by atoms with van der Waals surface area (Å²) in [6, 6.07) is 23.3. The molecule has 1 amide bonds. The Morgan fingerprint density at radius 2 is 1.53 bits per heavy atom. The molecule has 0 saturated carbocycles. The molecule has 168 valence electrons. The standard InChI is InChI=1S/C25H20N6O3/c1-2-31-24(33)19-10-6-7-11-20(19)26-25(31)30-27-21(32)16-12-14-18(15-13-16)23-29-28-22(34-23)17-8-4-3-5-9-17/h3-15H,2H2,1H3,(H,26,30)(H,27,32). The molecule has 5 aromatic rings. The summed E-state index contributed by atoms with van der Waals surface area (Å²) in [5.41, 5.74) is 7.68. The van der Waals surface area contributed by atoms with Crippen LogP contribution in [0.15, 0.2) is 88.1 Å². The third-order valence-corrected chi connectivity index (χ3v) is 5.31. The highest BCUT2D eigenvalue weighted by molar-refractivity contribution is 5.95. The summed E-state index contributed by atoms with van der Waals surface area (Å²) in [7, 11) is 0. The zero-order valence-corrected chi connectivity index (χ0v) is 18.2. The molecule has 9 nitrogen and oxygen atoms in total. The Labute approximate surface area is 194 Å². The summed E-state index contributed by atoms with van der Waals surface area (Å²) in [6.45, 7) is 2.24. The smallest absolute Gasteiger partial charge is 0.269 e. The Bertz CT molecular complexity index is 1520. The third kappa shape index (κ3) is 4.02. The van der Waals surface area contributed by atoms with Gasteiger partial charge in [-0.05, 0) is 55.5 Å². The molecule has 0 aliphatic rings. The highest BCUT2D eigenvalue weighted by atomic mass is 16.4. The van der Waals surface area contributed by atoms with Gasteiger partial charge in [0.2, 0.25) is 17.7 Å². The summed E-state index contributed by atoms with van der Waals surface area (Å²) in [6.07, 6.45) is 0. The number of carbonyl (C=O) groups excluding carboxylic acids is 1. The number of nitrogens with one attached hydrogen (secondary N) is 2. The number of fused-ring (bicyclic) bond motifs is 1. The molecule has 2 heterocycles. The maximum absolute atomic E-state index is 12.7. The highest BCUT2D eigenvalue weighted by Crippen LogP contribution is 2.24. The summed E-state index contributed by atoms with van der Waals surface area (Å²) >= 11 is 0. The van der Waals surface area contributed by atoms with Gasteiger partial charge in [-0.3, -0.25) is 25.0 Å². The number of benzene rings is 3. The molecule has 0 spiro atoms. The van der Waals surface area contributed by atoms with Crippen molar-refractivity contribution in [2.75, 3.05) is 5.43 Å². The van der Waals surface area contributed by atoms with Gasteiger partial charge < -0.3 is 4.42 Å². The molecule has 34 heavy (non-hydrogen) atoms. The van der Waals surface area contributed by atoms with Gasteiger partial charge in [0.15, 0.2) is 0 Å².